The Morgan fingerprint density at radius 2 is 1.95 bits per heavy atom. The van der Waals surface area contributed by atoms with Gasteiger partial charge in [0.15, 0.2) is 0 Å². The molecule has 0 fully saturated rings. The fourth-order valence-electron chi connectivity index (χ4n) is 1.56. The maximum atomic E-state index is 12.8. The third-order valence-corrected chi connectivity index (χ3v) is 2.55. The minimum atomic E-state index is -0.396. The molecule has 2 aromatic rings. The normalized spacial score (nSPS) is 9.45. The summed E-state index contributed by atoms with van der Waals surface area (Å²) >= 11 is 0. The maximum Gasteiger partial charge on any atom is 0.251 e. The first-order valence-corrected chi connectivity index (χ1v) is 6.79. The third kappa shape index (κ3) is 4.69. The monoisotopic (exact) mass is 306 g/mol. The molecule has 0 bridgehead atoms. The number of carbonyl (C=O) groups excluding carboxylic acids is 1. The number of carbonyl (C=O) groups is 1. The Bertz CT molecular complexity index is 617. The lowest BCUT2D eigenvalue weighted by atomic mass is 10.2. The standard InChI is InChI=1S/C13H13FN4O2.C2H6/c1-20-13-10(16-7-11(15)18-13)6-17-12(19)8-2-4-9(14)5-3-8;1-2/h2-5,7H,6H2,1H3,(H2,15,18)(H,17,19);1-2H3. The van der Waals surface area contributed by atoms with Crippen LogP contribution in [-0.2, 0) is 6.54 Å². The number of benzene rings is 1. The quantitative estimate of drug-likeness (QED) is 0.903. The van der Waals surface area contributed by atoms with E-state index in [1.807, 2.05) is 13.8 Å². The van der Waals surface area contributed by atoms with Crippen molar-refractivity contribution in [3.8, 4) is 5.88 Å². The van der Waals surface area contributed by atoms with Crippen molar-refractivity contribution in [3.05, 3.63) is 47.5 Å². The smallest absolute Gasteiger partial charge is 0.251 e. The fraction of sp³-hybridized carbons (Fsp3) is 0.267. The van der Waals surface area contributed by atoms with Gasteiger partial charge in [0.25, 0.3) is 5.91 Å². The van der Waals surface area contributed by atoms with Crippen molar-refractivity contribution < 1.29 is 13.9 Å². The van der Waals surface area contributed by atoms with E-state index in [9.17, 15) is 9.18 Å². The summed E-state index contributed by atoms with van der Waals surface area (Å²) in [6.45, 7) is 4.13. The Balaban J connectivity index is 0.00000116. The molecule has 0 aliphatic rings. The number of rotatable bonds is 4. The number of hydrogen-bond donors (Lipinski definition) is 2. The highest BCUT2D eigenvalue weighted by molar-refractivity contribution is 5.94. The minimum absolute atomic E-state index is 0.132. The molecule has 22 heavy (non-hydrogen) atoms. The number of ether oxygens (including phenoxy) is 1. The zero-order valence-corrected chi connectivity index (χ0v) is 12.8. The molecule has 0 aliphatic carbocycles. The van der Waals surface area contributed by atoms with E-state index in [1.54, 1.807) is 0 Å². The molecule has 0 unspecified atom stereocenters. The van der Waals surface area contributed by atoms with Gasteiger partial charge in [0.05, 0.1) is 19.9 Å². The van der Waals surface area contributed by atoms with Crippen molar-refractivity contribution in [2.75, 3.05) is 12.8 Å². The van der Waals surface area contributed by atoms with E-state index in [0.29, 0.717) is 11.3 Å². The molecule has 0 aliphatic heterocycles. The van der Waals surface area contributed by atoms with Gasteiger partial charge in [0, 0.05) is 5.56 Å². The highest BCUT2D eigenvalue weighted by atomic mass is 19.1. The van der Waals surface area contributed by atoms with Gasteiger partial charge in [-0.3, -0.25) is 4.79 Å². The Morgan fingerprint density at radius 3 is 2.55 bits per heavy atom. The van der Waals surface area contributed by atoms with Crippen LogP contribution in [0.4, 0.5) is 10.2 Å². The van der Waals surface area contributed by atoms with Gasteiger partial charge in [-0.05, 0) is 24.3 Å². The molecular weight excluding hydrogens is 287 g/mol. The second-order valence-corrected chi connectivity index (χ2v) is 3.94. The van der Waals surface area contributed by atoms with Gasteiger partial charge in [0.1, 0.15) is 17.3 Å². The summed E-state index contributed by atoms with van der Waals surface area (Å²) in [6, 6.07) is 5.24. The largest absolute Gasteiger partial charge is 0.480 e. The van der Waals surface area contributed by atoms with E-state index in [2.05, 4.69) is 15.3 Å². The lowest BCUT2D eigenvalue weighted by molar-refractivity contribution is 0.0950. The molecule has 1 heterocycles. The second-order valence-electron chi connectivity index (χ2n) is 3.94. The van der Waals surface area contributed by atoms with E-state index in [1.165, 1.54) is 37.6 Å². The molecule has 0 atom stereocenters. The van der Waals surface area contributed by atoms with E-state index in [4.69, 9.17) is 10.5 Å². The predicted octanol–water partition coefficient (Wildman–Crippen LogP) is 2.16. The molecule has 118 valence electrons. The number of amides is 1. The van der Waals surface area contributed by atoms with Gasteiger partial charge in [-0.2, -0.15) is 4.98 Å². The summed E-state index contributed by atoms with van der Waals surface area (Å²) in [7, 11) is 1.44. The van der Waals surface area contributed by atoms with Gasteiger partial charge in [0.2, 0.25) is 5.88 Å². The van der Waals surface area contributed by atoms with Gasteiger partial charge in [-0.15, -0.1) is 0 Å². The Hall–Kier alpha value is -2.70. The summed E-state index contributed by atoms with van der Waals surface area (Å²) in [5, 5.41) is 2.64. The SMILES string of the molecule is CC.COc1nc(N)cnc1CNC(=O)c1ccc(F)cc1. The van der Waals surface area contributed by atoms with E-state index >= 15 is 0 Å². The molecule has 1 aromatic carbocycles. The lowest BCUT2D eigenvalue weighted by Gasteiger charge is -2.08. The van der Waals surface area contributed by atoms with Crippen molar-refractivity contribution in [3.63, 3.8) is 0 Å². The van der Waals surface area contributed by atoms with Crippen molar-refractivity contribution in [2.24, 2.45) is 0 Å². The van der Waals surface area contributed by atoms with Crippen LogP contribution in [0.25, 0.3) is 0 Å². The average molecular weight is 306 g/mol. The molecule has 0 spiro atoms. The minimum Gasteiger partial charge on any atom is -0.480 e. The molecule has 3 N–H and O–H groups in total. The average Bonchev–Trinajstić information content (AvgIpc) is 2.55. The fourth-order valence-corrected chi connectivity index (χ4v) is 1.56. The number of nitrogens with one attached hydrogen (secondary N) is 1. The number of nitrogen functional groups attached to an aromatic ring is 1. The van der Waals surface area contributed by atoms with Crippen molar-refractivity contribution in [2.45, 2.75) is 20.4 Å². The molecule has 6 nitrogen and oxygen atoms in total. The first-order chi connectivity index (χ1) is 10.6. The lowest BCUT2D eigenvalue weighted by Crippen LogP contribution is -2.23. The molecule has 0 radical (unpaired) electrons. The van der Waals surface area contributed by atoms with Gasteiger partial charge >= 0.3 is 0 Å². The van der Waals surface area contributed by atoms with Crippen molar-refractivity contribution in [1.29, 1.82) is 0 Å². The number of hydrogen-bond acceptors (Lipinski definition) is 5. The zero-order chi connectivity index (χ0) is 16.5. The van der Waals surface area contributed by atoms with E-state index < -0.39 is 5.82 Å². The van der Waals surface area contributed by atoms with E-state index in [0.717, 1.165) is 0 Å². The third-order valence-electron chi connectivity index (χ3n) is 2.55. The highest BCUT2D eigenvalue weighted by Gasteiger charge is 2.10. The second kappa shape index (κ2) is 8.56. The van der Waals surface area contributed by atoms with Crippen LogP contribution >= 0.6 is 0 Å². The molecule has 0 saturated heterocycles. The zero-order valence-electron chi connectivity index (χ0n) is 12.8. The summed E-state index contributed by atoms with van der Waals surface area (Å²) in [6.07, 6.45) is 1.38. The number of anilines is 1. The first-order valence-electron chi connectivity index (χ1n) is 6.79. The Kier molecular flexibility index (Phi) is 6.75. The molecule has 1 amide bonds. The van der Waals surface area contributed by atoms with Crippen LogP contribution in [0.3, 0.4) is 0 Å². The Labute approximate surface area is 128 Å². The number of halogens is 1. The summed E-state index contributed by atoms with van der Waals surface area (Å²) in [5.41, 5.74) is 6.30. The summed E-state index contributed by atoms with van der Waals surface area (Å²) in [4.78, 5) is 19.8. The number of aromatic nitrogens is 2. The molecule has 0 saturated carbocycles. The maximum absolute atomic E-state index is 12.8. The van der Waals surface area contributed by atoms with Crippen LogP contribution in [0, 0.1) is 5.82 Å². The molecule has 1 aromatic heterocycles. The van der Waals surface area contributed by atoms with Crippen LogP contribution in [0.2, 0.25) is 0 Å². The molecular formula is C15H19FN4O2. The summed E-state index contributed by atoms with van der Waals surface area (Å²) < 4.78 is 17.8. The number of methoxy groups -OCH3 is 1. The number of nitrogens with two attached hydrogens (primary N) is 1. The molecule has 7 heteroatoms. The summed E-state index contributed by atoms with van der Waals surface area (Å²) in [5.74, 6) is -0.252. The van der Waals surface area contributed by atoms with Crippen LogP contribution < -0.4 is 15.8 Å². The highest BCUT2D eigenvalue weighted by Crippen LogP contribution is 2.13. The van der Waals surface area contributed by atoms with Crippen LogP contribution in [-0.4, -0.2) is 23.0 Å². The van der Waals surface area contributed by atoms with Crippen molar-refractivity contribution in [1.82, 2.24) is 15.3 Å². The van der Waals surface area contributed by atoms with Gasteiger partial charge in [-0.1, -0.05) is 13.8 Å². The van der Waals surface area contributed by atoms with Crippen LogP contribution in [0.5, 0.6) is 5.88 Å². The van der Waals surface area contributed by atoms with Gasteiger partial charge < -0.3 is 15.8 Å². The van der Waals surface area contributed by atoms with Crippen LogP contribution in [0.1, 0.15) is 29.9 Å². The topological polar surface area (TPSA) is 90.1 Å². The number of nitrogens with zero attached hydrogens (tertiary/aromatic N) is 2. The van der Waals surface area contributed by atoms with Crippen molar-refractivity contribution >= 4 is 11.7 Å². The van der Waals surface area contributed by atoms with E-state index in [-0.39, 0.29) is 24.1 Å². The first kappa shape index (κ1) is 17.4. The molecule has 2 rings (SSSR count). The van der Waals surface area contributed by atoms with Crippen LogP contribution in [0.15, 0.2) is 30.5 Å². The predicted molar refractivity (Wildman–Crippen MR) is 81.9 cm³/mol. The van der Waals surface area contributed by atoms with Gasteiger partial charge in [-0.25, -0.2) is 9.37 Å². The Morgan fingerprint density at radius 1 is 1.32 bits per heavy atom.